The van der Waals surface area contributed by atoms with Gasteiger partial charge in [-0.2, -0.15) is 4.98 Å². The van der Waals surface area contributed by atoms with Crippen LogP contribution >= 0.6 is 0 Å². The molecule has 19 heavy (non-hydrogen) atoms. The Morgan fingerprint density at radius 3 is 2.47 bits per heavy atom. The molecule has 8 heteroatoms. The van der Waals surface area contributed by atoms with Gasteiger partial charge in [-0.25, -0.2) is 13.1 Å². The number of hydrogen-bond donors (Lipinski definition) is 2. The largest absolute Gasteiger partial charge is 0.338 e. The summed E-state index contributed by atoms with van der Waals surface area (Å²) in [5, 5.41) is 7.08. The Labute approximate surface area is 114 Å². The van der Waals surface area contributed by atoms with E-state index in [0.29, 0.717) is 37.1 Å². The molecular formula is C11H22N4O3S. The van der Waals surface area contributed by atoms with E-state index in [2.05, 4.69) is 34.0 Å². The summed E-state index contributed by atoms with van der Waals surface area (Å²) < 4.78 is 29.4. The Morgan fingerprint density at radius 2 is 2.00 bits per heavy atom. The molecular weight excluding hydrogens is 268 g/mol. The molecule has 1 rings (SSSR count). The molecule has 0 aliphatic heterocycles. The lowest BCUT2D eigenvalue weighted by atomic mass is 10.0. The Bertz CT molecular complexity index is 484. The van der Waals surface area contributed by atoms with Crippen molar-refractivity contribution in [1.29, 1.82) is 0 Å². The summed E-state index contributed by atoms with van der Waals surface area (Å²) in [6.45, 7) is 6.99. The molecule has 0 radical (unpaired) electrons. The Morgan fingerprint density at radius 1 is 1.32 bits per heavy atom. The van der Waals surface area contributed by atoms with Crippen molar-refractivity contribution in [2.75, 3.05) is 19.3 Å². The third-order valence-electron chi connectivity index (χ3n) is 2.56. The van der Waals surface area contributed by atoms with Crippen molar-refractivity contribution < 1.29 is 12.9 Å². The first-order valence-electron chi connectivity index (χ1n) is 6.28. The van der Waals surface area contributed by atoms with Crippen molar-refractivity contribution in [3.8, 4) is 0 Å². The van der Waals surface area contributed by atoms with Gasteiger partial charge in [-0.05, 0) is 25.8 Å². The van der Waals surface area contributed by atoms with Crippen LogP contribution in [0.2, 0.25) is 0 Å². The highest BCUT2D eigenvalue weighted by Gasteiger charge is 2.20. The number of nitrogens with one attached hydrogen (secondary N) is 2. The average molecular weight is 290 g/mol. The van der Waals surface area contributed by atoms with Crippen molar-refractivity contribution in [3.63, 3.8) is 0 Å². The highest BCUT2D eigenvalue weighted by atomic mass is 32.2. The van der Waals surface area contributed by atoms with Gasteiger partial charge in [-0.1, -0.05) is 19.0 Å². The van der Waals surface area contributed by atoms with Crippen LogP contribution in [0.1, 0.15) is 38.0 Å². The minimum Gasteiger partial charge on any atom is -0.338 e. The molecule has 1 aromatic rings. The number of aromatic nitrogens is 2. The van der Waals surface area contributed by atoms with Gasteiger partial charge in [0.1, 0.15) is 0 Å². The van der Waals surface area contributed by atoms with Gasteiger partial charge in [0.25, 0.3) is 0 Å². The fourth-order valence-electron chi connectivity index (χ4n) is 1.65. The van der Waals surface area contributed by atoms with E-state index >= 15 is 0 Å². The van der Waals surface area contributed by atoms with Gasteiger partial charge in [0.05, 0.1) is 12.3 Å². The van der Waals surface area contributed by atoms with Crippen molar-refractivity contribution in [1.82, 2.24) is 20.2 Å². The quantitative estimate of drug-likeness (QED) is 0.681. The van der Waals surface area contributed by atoms with Gasteiger partial charge in [0.2, 0.25) is 15.9 Å². The van der Waals surface area contributed by atoms with Crippen LogP contribution in [0.4, 0.5) is 0 Å². The molecule has 1 aromatic heterocycles. The van der Waals surface area contributed by atoms with Crippen LogP contribution in [0.5, 0.6) is 0 Å². The third-order valence-corrected chi connectivity index (χ3v) is 3.29. The molecule has 110 valence electrons. The monoisotopic (exact) mass is 290 g/mol. The zero-order valence-corrected chi connectivity index (χ0v) is 12.6. The fourth-order valence-corrected chi connectivity index (χ4v) is 2.17. The van der Waals surface area contributed by atoms with Crippen LogP contribution in [-0.4, -0.2) is 37.9 Å². The predicted molar refractivity (Wildman–Crippen MR) is 72.1 cm³/mol. The summed E-state index contributed by atoms with van der Waals surface area (Å²) in [7, 11) is -3.11. The smallest absolute Gasteiger partial charge is 0.244 e. The minimum atomic E-state index is -3.11. The summed E-state index contributed by atoms with van der Waals surface area (Å²) in [5.41, 5.74) is 0. The first-order valence-corrected chi connectivity index (χ1v) is 8.17. The Balaban J connectivity index is 2.39. The molecule has 0 bridgehead atoms. The zero-order chi connectivity index (χ0) is 14.5. The van der Waals surface area contributed by atoms with Crippen molar-refractivity contribution in [2.45, 2.75) is 33.2 Å². The highest BCUT2D eigenvalue weighted by Crippen LogP contribution is 2.19. The van der Waals surface area contributed by atoms with Crippen molar-refractivity contribution in [3.05, 3.63) is 11.7 Å². The van der Waals surface area contributed by atoms with Gasteiger partial charge in [0.15, 0.2) is 5.82 Å². The van der Waals surface area contributed by atoms with Crippen molar-refractivity contribution in [2.24, 2.45) is 5.92 Å². The molecule has 1 heterocycles. The molecule has 0 saturated carbocycles. The lowest BCUT2D eigenvalue weighted by Gasteiger charge is -2.18. The molecule has 1 atom stereocenters. The van der Waals surface area contributed by atoms with Gasteiger partial charge in [-0.15, -0.1) is 0 Å². The average Bonchev–Trinajstić information content (AvgIpc) is 2.67. The maximum absolute atomic E-state index is 10.9. The third kappa shape index (κ3) is 6.13. The first-order chi connectivity index (χ1) is 8.79. The minimum absolute atomic E-state index is 0.0144. The summed E-state index contributed by atoms with van der Waals surface area (Å²) in [6, 6.07) is -0.0144. The molecule has 0 aliphatic rings. The lowest BCUT2D eigenvalue weighted by Crippen LogP contribution is -2.30. The van der Waals surface area contributed by atoms with E-state index in [1.807, 2.05) is 0 Å². The lowest BCUT2D eigenvalue weighted by molar-refractivity contribution is 0.288. The normalized spacial score (nSPS) is 13.9. The molecule has 0 fully saturated rings. The van der Waals surface area contributed by atoms with Crippen LogP contribution in [0, 0.1) is 12.8 Å². The molecule has 0 amide bonds. The first kappa shape index (κ1) is 16.1. The zero-order valence-electron chi connectivity index (χ0n) is 11.8. The second-order valence-corrected chi connectivity index (χ2v) is 6.71. The van der Waals surface area contributed by atoms with Crippen LogP contribution in [-0.2, 0) is 10.0 Å². The van der Waals surface area contributed by atoms with Gasteiger partial charge >= 0.3 is 0 Å². The predicted octanol–water partition coefficient (Wildman–Crippen LogP) is 0.604. The highest BCUT2D eigenvalue weighted by molar-refractivity contribution is 7.88. The van der Waals surface area contributed by atoms with E-state index in [9.17, 15) is 8.42 Å². The van der Waals surface area contributed by atoms with Crippen LogP contribution in [0.25, 0.3) is 0 Å². The van der Waals surface area contributed by atoms with E-state index in [1.165, 1.54) is 0 Å². The summed E-state index contributed by atoms with van der Waals surface area (Å²) >= 11 is 0. The van der Waals surface area contributed by atoms with Crippen molar-refractivity contribution >= 4 is 10.0 Å². The van der Waals surface area contributed by atoms with E-state index < -0.39 is 10.0 Å². The van der Waals surface area contributed by atoms with Crippen LogP contribution in [0.3, 0.4) is 0 Å². The standard InChI is InChI=1S/C11H22N4O3S/c1-8(2)10(11-14-9(3)15-18-11)12-6-5-7-13-19(4,16)17/h8,10,12-13H,5-7H2,1-4H3/t10-/m0/s1. The Kier molecular flexibility index (Phi) is 5.89. The fraction of sp³-hybridized carbons (Fsp3) is 0.818. The second kappa shape index (κ2) is 6.97. The maximum atomic E-state index is 10.9. The van der Waals surface area contributed by atoms with Crippen LogP contribution < -0.4 is 10.0 Å². The molecule has 2 N–H and O–H groups in total. The van der Waals surface area contributed by atoms with E-state index in [0.717, 1.165) is 6.26 Å². The summed E-state index contributed by atoms with van der Waals surface area (Å²) in [6.07, 6.45) is 1.85. The second-order valence-electron chi connectivity index (χ2n) is 4.88. The van der Waals surface area contributed by atoms with Gasteiger partial charge < -0.3 is 9.84 Å². The maximum Gasteiger partial charge on any atom is 0.244 e. The SMILES string of the molecule is Cc1noc([C@@H](NCCCNS(C)(=O)=O)C(C)C)n1. The number of nitrogens with zero attached hydrogens (tertiary/aromatic N) is 2. The number of rotatable bonds is 8. The molecule has 0 spiro atoms. The summed E-state index contributed by atoms with van der Waals surface area (Å²) in [4.78, 5) is 4.22. The molecule has 7 nitrogen and oxygen atoms in total. The van der Waals surface area contributed by atoms with E-state index in [1.54, 1.807) is 6.92 Å². The number of hydrogen-bond acceptors (Lipinski definition) is 6. The van der Waals surface area contributed by atoms with Crippen LogP contribution in [0.15, 0.2) is 4.52 Å². The number of sulfonamides is 1. The van der Waals surface area contributed by atoms with Gasteiger partial charge in [0, 0.05) is 6.54 Å². The van der Waals surface area contributed by atoms with E-state index in [-0.39, 0.29) is 6.04 Å². The number of aryl methyl sites for hydroxylation is 1. The Hall–Kier alpha value is -0.990. The summed E-state index contributed by atoms with van der Waals surface area (Å²) in [5.74, 6) is 1.49. The molecule has 0 aliphatic carbocycles. The molecule has 0 aromatic carbocycles. The van der Waals surface area contributed by atoms with Gasteiger partial charge in [-0.3, -0.25) is 0 Å². The topological polar surface area (TPSA) is 97.1 Å². The van der Waals surface area contributed by atoms with E-state index in [4.69, 9.17) is 4.52 Å². The molecule has 0 saturated heterocycles. The molecule has 0 unspecified atom stereocenters.